The van der Waals surface area contributed by atoms with Gasteiger partial charge in [-0.2, -0.15) is 11.3 Å². The molecule has 2 heterocycles. The van der Waals surface area contributed by atoms with Crippen LogP contribution < -0.4 is 33.2 Å². The maximum atomic E-state index is 13.6. The fourth-order valence-corrected chi connectivity index (χ4v) is 6.12. The summed E-state index contributed by atoms with van der Waals surface area (Å²) in [5, 5.41) is 12.3. The van der Waals surface area contributed by atoms with Crippen molar-refractivity contribution in [2.45, 2.75) is 76.9 Å². The highest BCUT2D eigenvalue weighted by Crippen LogP contribution is 2.19. The molecule has 1 fully saturated rings. The van der Waals surface area contributed by atoms with E-state index in [4.69, 9.17) is 17.2 Å². The van der Waals surface area contributed by atoms with Gasteiger partial charge in [0.25, 0.3) is 5.91 Å². The van der Waals surface area contributed by atoms with Crippen LogP contribution in [0.2, 0.25) is 0 Å². The molecule has 0 spiro atoms. The maximum Gasteiger partial charge on any atom is 0.251 e. The lowest BCUT2D eigenvalue weighted by Crippen LogP contribution is -2.52. The SMILES string of the molecule is CC(C)CC(CC(=O)NC(Cc1ccsc1)C(N)=O)NC(=O)[C@H](CCCN=C(N)N)NC(=O)c1ccc(C=C2CCN(C)CC2)cc1. The van der Waals surface area contributed by atoms with Gasteiger partial charge in [0, 0.05) is 44.1 Å². The summed E-state index contributed by atoms with van der Waals surface area (Å²) in [5.41, 5.74) is 20.2. The summed E-state index contributed by atoms with van der Waals surface area (Å²) in [6, 6.07) is 6.88. The lowest BCUT2D eigenvalue weighted by molar-refractivity contribution is -0.128. The lowest BCUT2D eigenvalue weighted by Gasteiger charge is -2.25. The van der Waals surface area contributed by atoms with Gasteiger partial charge >= 0.3 is 0 Å². The Labute approximate surface area is 281 Å². The summed E-state index contributed by atoms with van der Waals surface area (Å²) >= 11 is 1.49. The highest BCUT2D eigenvalue weighted by Gasteiger charge is 2.27. The second-order valence-electron chi connectivity index (χ2n) is 12.6. The number of nitrogens with zero attached hydrogens (tertiary/aromatic N) is 2. The van der Waals surface area contributed by atoms with Gasteiger partial charge in [0.2, 0.25) is 17.7 Å². The standard InChI is InChI=1S/C34H50N8O4S/c1-22(2)17-27(20-30(43)40-29(31(35)44)19-25-12-16-47-21-25)39-33(46)28(5-4-13-38-34(36)37)41-32(45)26-8-6-23(7-9-26)18-24-10-14-42(3)15-11-24/h6-9,12,16,18,21-22,27-29H,4-5,10-11,13-15,17,19-20H2,1-3H3,(H2,35,44)(H,39,46)(H,40,43)(H,41,45)(H4,36,37,38)/t27?,28-,29?/m0/s1. The average molecular weight is 667 g/mol. The molecule has 9 N–H and O–H groups in total. The minimum atomic E-state index is -0.896. The predicted molar refractivity (Wildman–Crippen MR) is 187 cm³/mol. The van der Waals surface area contributed by atoms with E-state index in [1.165, 1.54) is 16.9 Å². The molecule has 0 saturated carbocycles. The summed E-state index contributed by atoms with van der Waals surface area (Å²) < 4.78 is 0. The quantitative estimate of drug-likeness (QED) is 0.0844. The zero-order chi connectivity index (χ0) is 34.3. The number of likely N-dealkylation sites (tertiary alicyclic amines) is 1. The molecular formula is C34H50N8O4S. The van der Waals surface area contributed by atoms with E-state index in [2.05, 4.69) is 39.0 Å². The largest absolute Gasteiger partial charge is 0.370 e. The van der Waals surface area contributed by atoms with Gasteiger partial charge in [-0.3, -0.25) is 24.2 Å². The van der Waals surface area contributed by atoms with Crippen molar-refractivity contribution in [1.29, 1.82) is 0 Å². The van der Waals surface area contributed by atoms with Crippen LogP contribution in [0, 0.1) is 5.92 Å². The van der Waals surface area contributed by atoms with Crippen LogP contribution in [0.5, 0.6) is 0 Å². The van der Waals surface area contributed by atoms with E-state index >= 15 is 0 Å². The van der Waals surface area contributed by atoms with E-state index in [0.717, 1.165) is 37.1 Å². The molecule has 0 bridgehead atoms. The zero-order valence-electron chi connectivity index (χ0n) is 27.7. The number of nitrogens with one attached hydrogen (secondary N) is 3. The summed E-state index contributed by atoms with van der Waals surface area (Å²) in [5.74, 6) is -1.75. The number of hydrogen-bond acceptors (Lipinski definition) is 7. The van der Waals surface area contributed by atoms with E-state index in [0.29, 0.717) is 18.4 Å². The van der Waals surface area contributed by atoms with Gasteiger partial charge in [0.1, 0.15) is 12.1 Å². The number of guanidine groups is 1. The first kappa shape index (κ1) is 37.2. The van der Waals surface area contributed by atoms with Crippen molar-refractivity contribution in [3.63, 3.8) is 0 Å². The average Bonchev–Trinajstić information content (AvgIpc) is 3.52. The fourth-order valence-electron chi connectivity index (χ4n) is 5.44. The number of aliphatic imine (C=N–C) groups is 1. The molecule has 13 heteroatoms. The second-order valence-corrected chi connectivity index (χ2v) is 13.4. The summed E-state index contributed by atoms with van der Waals surface area (Å²) in [6.45, 7) is 6.33. The molecule has 47 heavy (non-hydrogen) atoms. The molecule has 0 aliphatic carbocycles. The number of piperidine rings is 1. The normalized spacial score (nSPS) is 15.3. The summed E-state index contributed by atoms with van der Waals surface area (Å²) in [4.78, 5) is 58.4. The second kappa shape index (κ2) is 18.8. The van der Waals surface area contributed by atoms with Crippen molar-refractivity contribution in [3.05, 3.63) is 63.4 Å². The van der Waals surface area contributed by atoms with Crippen molar-refractivity contribution >= 4 is 47.0 Å². The van der Waals surface area contributed by atoms with E-state index in [-0.39, 0.29) is 43.6 Å². The molecule has 2 unspecified atom stereocenters. The molecular weight excluding hydrogens is 616 g/mol. The Balaban J connectivity index is 1.68. The van der Waals surface area contributed by atoms with Crippen LogP contribution in [-0.4, -0.2) is 79.3 Å². The van der Waals surface area contributed by atoms with Crippen LogP contribution in [-0.2, 0) is 20.8 Å². The number of rotatable bonds is 17. The van der Waals surface area contributed by atoms with Gasteiger partial charge in [-0.05, 0) is 85.2 Å². The van der Waals surface area contributed by atoms with E-state index in [1.54, 1.807) is 12.1 Å². The molecule has 1 aliphatic rings. The van der Waals surface area contributed by atoms with Gasteiger partial charge < -0.3 is 38.1 Å². The Kier molecular flexibility index (Phi) is 14.9. The summed E-state index contributed by atoms with van der Waals surface area (Å²) in [7, 11) is 2.12. The molecule has 1 saturated heterocycles. The zero-order valence-corrected chi connectivity index (χ0v) is 28.5. The molecule has 2 aromatic rings. The number of benzene rings is 1. The number of nitrogens with two attached hydrogens (primary N) is 3. The molecule has 1 aromatic heterocycles. The summed E-state index contributed by atoms with van der Waals surface area (Å²) in [6.07, 6.45) is 5.67. The number of thiophene rings is 1. The van der Waals surface area contributed by atoms with Crippen molar-refractivity contribution < 1.29 is 19.2 Å². The predicted octanol–water partition coefficient (Wildman–Crippen LogP) is 2.14. The minimum absolute atomic E-state index is 0.0541. The number of hydrogen-bond donors (Lipinski definition) is 6. The third-order valence-electron chi connectivity index (χ3n) is 7.97. The Morgan fingerprint density at radius 3 is 2.28 bits per heavy atom. The molecule has 3 rings (SSSR count). The van der Waals surface area contributed by atoms with Gasteiger partial charge in [-0.15, -0.1) is 0 Å². The molecule has 0 radical (unpaired) electrons. The van der Waals surface area contributed by atoms with Crippen molar-refractivity contribution in [2.75, 3.05) is 26.7 Å². The number of carbonyl (C=O) groups is 4. The molecule has 1 aromatic carbocycles. The van der Waals surface area contributed by atoms with E-state index < -0.39 is 35.8 Å². The van der Waals surface area contributed by atoms with Crippen molar-refractivity contribution in [2.24, 2.45) is 28.1 Å². The van der Waals surface area contributed by atoms with Gasteiger partial charge in [-0.25, -0.2) is 0 Å². The fraction of sp³-hybridized carbons (Fsp3) is 0.500. The monoisotopic (exact) mass is 666 g/mol. The molecule has 12 nitrogen and oxygen atoms in total. The van der Waals surface area contributed by atoms with Crippen LogP contribution in [0.4, 0.5) is 0 Å². The van der Waals surface area contributed by atoms with Crippen LogP contribution in [0.25, 0.3) is 6.08 Å². The Bertz CT molecular complexity index is 1380. The van der Waals surface area contributed by atoms with E-state index in [9.17, 15) is 19.2 Å². The topological polar surface area (TPSA) is 198 Å². The van der Waals surface area contributed by atoms with Crippen molar-refractivity contribution in [1.82, 2.24) is 20.9 Å². The molecule has 1 aliphatic heterocycles. The first-order valence-corrected chi connectivity index (χ1v) is 17.1. The third-order valence-corrected chi connectivity index (χ3v) is 8.70. The van der Waals surface area contributed by atoms with Crippen LogP contribution in [0.3, 0.4) is 0 Å². The first-order valence-electron chi connectivity index (χ1n) is 16.1. The van der Waals surface area contributed by atoms with E-state index in [1.807, 2.05) is 42.8 Å². The van der Waals surface area contributed by atoms with Crippen LogP contribution in [0.1, 0.15) is 73.9 Å². The molecule has 256 valence electrons. The number of amides is 4. The maximum absolute atomic E-state index is 13.6. The molecule has 4 amide bonds. The van der Waals surface area contributed by atoms with Crippen LogP contribution in [0.15, 0.2) is 51.7 Å². The number of primary amides is 1. The van der Waals surface area contributed by atoms with Crippen LogP contribution >= 0.6 is 11.3 Å². The van der Waals surface area contributed by atoms with Gasteiger partial charge in [0.05, 0.1) is 0 Å². The van der Waals surface area contributed by atoms with Gasteiger partial charge in [-0.1, -0.05) is 37.6 Å². The highest BCUT2D eigenvalue weighted by atomic mass is 32.1. The van der Waals surface area contributed by atoms with Gasteiger partial charge in [0.15, 0.2) is 5.96 Å². The Hall–Kier alpha value is -4.23. The molecule has 3 atom stereocenters. The smallest absolute Gasteiger partial charge is 0.251 e. The number of carbonyl (C=O) groups excluding carboxylic acids is 4. The lowest BCUT2D eigenvalue weighted by atomic mass is 9.99. The highest BCUT2D eigenvalue weighted by molar-refractivity contribution is 7.07. The van der Waals surface area contributed by atoms with Crippen molar-refractivity contribution in [3.8, 4) is 0 Å². The third kappa shape index (κ3) is 13.6. The Morgan fingerprint density at radius 2 is 1.68 bits per heavy atom. The Morgan fingerprint density at radius 1 is 0.979 bits per heavy atom. The first-order chi connectivity index (χ1) is 22.4. The minimum Gasteiger partial charge on any atom is -0.370 e.